The molecular formula is C23H28N6S. The smallest absolute Gasteiger partial charge is 0.149 e. The van der Waals surface area contributed by atoms with Crippen LogP contribution in [0.15, 0.2) is 54.7 Å². The second kappa shape index (κ2) is 8.14. The van der Waals surface area contributed by atoms with Gasteiger partial charge < -0.3 is 14.8 Å². The topological polar surface area (TPSA) is 58.9 Å². The zero-order valence-electron chi connectivity index (χ0n) is 18.1. The summed E-state index contributed by atoms with van der Waals surface area (Å²) in [6, 6.07) is 8.53. The summed E-state index contributed by atoms with van der Waals surface area (Å²) in [6.07, 6.45) is 7.47. The molecule has 2 aromatic heterocycles. The Hall–Kier alpha value is -2.80. The summed E-state index contributed by atoms with van der Waals surface area (Å²) in [7, 11) is 1.94. The molecule has 0 amide bonds. The Balaban J connectivity index is 1.52. The van der Waals surface area contributed by atoms with Gasteiger partial charge in [-0.15, -0.1) is 11.8 Å². The number of benzene rings is 1. The van der Waals surface area contributed by atoms with Gasteiger partial charge in [0.15, 0.2) is 0 Å². The molecule has 1 aliphatic heterocycles. The fraction of sp³-hybridized carbons (Fsp3) is 0.348. The summed E-state index contributed by atoms with van der Waals surface area (Å²) in [5.41, 5.74) is 4.80. The van der Waals surface area contributed by atoms with E-state index in [0.29, 0.717) is 5.37 Å². The number of imidazole rings is 1. The lowest BCUT2D eigenvalue weighted by Crippen LogP contribution is -2.35. The third-order valence-electron chi connectivity index (χ3n) is 5.12. The number of aryl methyl sites for hydroxylation is 2. The Morgan fingerprint density at radius 2 is 1.93 bits per heavy atom. The lowest BCUT2D eigenvalue weighted by atomic mass is 9.95. The summed E-state index contributed by atoms with van der Waals surface area (Å²) in [4.78, 5) is 15.5. The van der Waals surface area contributed by atoms with Crippen LogP contribution >= 0.6 is 11.8 Å². The molecule has 30 heavy (non-hydrogen) atoms. The van der Waals surface area contributed by atoms with Crippen LogP contribution in [0.5, 0.6) is 0 Å². The minimum absolute atomic E-state index is 0.222. The van der Waals surface area contributed by atoms with Crippen molar-refractivity contribution in [3.05, 3.63) is 65.9 Å². The van der Waals surface area contributed by atoms with Crippen LogP contribution in [0.1, 0.15) is 31.9 Å². The summed E-state index contributed by atoms with van der Waals surface area (Å²) in [5, 5.41) is 5.89. The number of hydrogen-bond donors (Lipinski definition) is 1. The predicted molar refractivity (Wildman–Crippen MR) is 124 cm³/mol. The molecule has 0 spiro atoms. The fourth-order valence-corrected chi connectivity index (χ4v) is 4.69. The van der Waals surface area contributed by atoms with Crippen LogP contribution in [-0.2, 0) is 13.6 Å². The van der Waals surface area contributed by atoms with Gasteiger partial charge in [0.25, 0.3) is 0 Å². The van der Waals surface area contributed by atoms with E-state index in [-0.39, 0.29) is 5.41 Å². The highest BCUT2D eigenvalue weighted by molar-refractivity contribution is 8.02. The van der Waals surface area contributed by atoms with Crippen molar-refractivity contribution in [3.8, 4) is 11.3 Å². The van der Waals surface area contributed by atoms with Gasteiger partial charge in [0.1, 0.15) is 18.0 Å². The van der Waals surface area contributed by atoms with Gasteiger partial charge in [-0.2, -0.15) is 0 Å². The summed E-state index contributed by atoms with van der Waals surface area (Å²) >= 11 is 1.90. The van der Waals surface area contributed by atoms with E-state index < -0.39 is 0 Å². The molecule has 1 atom stereocenters. The van der Waals surface area contributed by atoms with Gasteiger partial charge in [-0.1, -0.05) is 32.9 Å². The van der Waals surface area contributed by atoms with Gasteiger partial charge in [-0.25, -0.2) is 15.0 Å². The lowest BCUT2D eigenvalue weighted by Gasteiger charge is -2.35. The van der Waals surface area contributed by atoms with Crippen molar-refractivity contribution in [2.24, 2.45) is 12.5 Å². The van der Waals surface area contributed by atoms with Crippen LogP contribution in [0.2, 0.25) is 0 Å². The molecule has 1 aromatic carbocycles. The quantitative estimate of drug-likeness (QED) is 0.603. The second-order valence-corrected chi connectivity index (χ2v) is 9.78. The van der Waals surface area contributed by atoms with Crippen LogP contribution in [-0.4, -0.2) is 29.8 Å². The molecule has 0 aliphatic carbocycles. The average molecular weight is 421 g/mol. The molecule has 4 rings (SSSR count). The van der Waals surface area contributed by atoms with E-state index in [2.05, 4.69) is 82.7 Å². The van der Waals surface area contributed by atoms with E-state index in [1.807, 2.05) is 35.6 Å². The average Bonchev–Trinajstić information content (AvgIpc) is 3.32. The Morgan fingerprint density at radius 1 is 1.10 bits per heavy atom. The highest BCUT2D eigenvalue weighted by Crippen LogP contribution is 2.39. The maximum absolute atomic E-state index is 4.47. The van der Waals surface area contributed by atoms with Crippen LogP contribution in [0.4, 0.5) is 11.6 Å². The maximum Gasteiger partial charge on any atom is 0.149 e. The van der Waals surface area contributed by atoms with Gasteiger partial charge >= 0.3 is 0 Å². The molecule has 1 aliphatic rings. The summed E-state index contributed by atoms with van der Waals surface area (Å²) < 4.78 is 1.89. The van der Waals surface area contributed by atoms with Crippen LogP contribution < -0.4 is 5.32 Å². The first-order chi connectivity index (χ1) is 14.3. The largest absolute Gasteiger partial charge is 0.360 e. The van der Waals surface area contributed by atoms with Gasteiger partial charge in [-0.3, -0.25) is 0 Å². The zero-order chi connectivity index (χ0) is 21.3. The van der Waals surface area contributed by atoms with E-state index in [0.717, 1.165) is 29.4 Å². The summed E-state index contributed by atoms with van der Waals surface area (Å²) in [6.45, 7) is 9.98. The molecule has 3 heterocycles. The van der Waals surface area contributed by atoms with Crippen molar-refractivity contribution in [3.63, 3.8) is 0 Å². The minimum Gasteiger partial charge on any atom is -0.360 e. The van der Waals surface area contributed by atoms with Gasteiger partial charge in [0, 0.05) is 37.6 Å². The highest BCUT2D eigenvalue weighted by Gasteiger charge is 2.31. The Bertz CT molecular complexity index is 1070. The molecule has 1 unspecified atom stereocenters. The third-order valence-corrected chi connectivity index (χ3v) is 6.64. The van der Waals surface area contributed by atoms with E-state index in [1.165, 1.54) is 11.1 Å². The molecule has 6 nitrogen and oxygen atoms in total. The zero-order valence-corrected chi connectivity index (χ0v) is 18.9. The molecule has 3 aromatic rings. The van der Waals surface area contributed by atoms with Gasteiger partial charge in [0.05, 0.1) is 17.4 Å². The molecule has 0 bridgehead atoms. The number of aromatic nitrogens is 4. The highest BCUT2D eigenvalue weighted by atomic mass is 32.2. The van der Waals surface area contributed by atoms with E-state index >= 15 is 0 Å². The minimum atomic E-state index is 0.222. The standard InChI is InChI=1S/C23H28N6S/c1-16-10-17(6-7-18(16)12-29-8-9-30-22(29)23(2,3)4)19-11-20(25-14-24-19)27-21-13-28(5)15-26-21/h6-11,13-15,22H,12H2,1-5H3,(H,24,25,27). The Labute approximate surface area is 182 Å². The first-order valence-corrected chi connectivity index (χ1v) is 11.0. The molecule has 0 saturated carbocycles. The van der Waals surface area contributed by atoms with Crippen molar-refractivity contribution >= 4 is 23.4 Å². The fourth-order valence-electron chi connectivity index (χ4n) is 3.60. The second-order valence-electron chi connectivity index (χ2n) is 8.79. The Morgan fingerprint density at radius 3 is 2.63 bits per heavy atom. The van der Waals surface area contributed by atoms with Crippen molar-refractivity contribution in [1.82, 2.24) is 24.4 Å². The number of nitrogens with one attached hydrogen (secondary N) is 1. The number of rotatable bonds is 5. The van der Waals surface area contributed by atoms with E-state index in [1.54, 1.807) is 12.7 Å². The molecule has 0 saturated heterocycles. The normalized spacial score (nSPS) is 16.3. The first-order valence-electron chi connectivity index (χ1n) is 10.0. The lowest BCUT2D eigenvalue weighted by molar-refractivity contribution is 0.220. The molecular weight excluding hydrogens is 392 g/mol. The van der Waals surface area contributed by atoms with Gasteiger partial charge in [0.2, 0.25) is 0 Å². The monoisotopic (exact) mass is 420 g/mol. The van der Waals surface area contributed by atoms with Crippen LogP contribution in [0, 0.1) is 12.3 Å². The van der Waals surface area contributed by atoms with Crippen molar-refractivity contribution < 1.29 is 0 Å². The third kappa shape index (κ3) is 4.51. The number of thioether (sulfide) groups is 1. The number of anilines is 2. The molecule has 7 heteroatoms. The first kappa shape index (κ1) is 20.5. The molecule has 0 radical (unpaired) electrons. The van der Waals surface area contributed by atoms with Gasteiger partial charge in [-0.05, 0) is 34.9 Å². The van der Waals surface area contributed by atoms with E-state index in [9.17, 15) is 0 Å². The molecule has 1 N–H and O–H groups in total. The summed E-state index contributed by atoms with van der Waals surface area (Å²) in [5.74, 6) is 1.49. The van der Waals surface area contributed by atoms with Crippen molar-refractivity contribution in [2.75, 3.05) is 5.32 Å². The molecule has 0 fully saturated rings. The van der Waals surface area contributed by atoms with E-state index in [4.69, 9.17) is 0 Å². The SMILES string of the molecule is Cc1cc(-c2cc(Nc3cn(C)cn3)ncn2)ccc1CN1C=CSC1C(C)(C)C. The van der Waals surface area contributed by atoms with Crippen LogP contribution in [0.3, 0.4) is 0 Å². The van der Waals surface area contributed by atoms with Crippen molar-refractivity contribution in [1.29, 1.82) is 0 Å². The maximum atomic E-state index is 4.47. The predicted octanol–water partition coefficient (Wildman–Crippen LogP) is 5.32. The van der Waals surface area contributed by atoms with Crippen LogP contribution in [0.25, 0.3) is 11.3 Å². The van der Waals surface area contributed by atoms with Crippen molar-refractivity contribution in [2.45, 2.75) is 39.6 Å². The molecule has 156 valence electrons. The Kier molecular flexibility index (Phi) is 5.56. The number of nitrogens with zero attached hydrogens (tertiary/aromatic N) is 5. The number of hydrogen-bond acceptors (Lipinski definition) is 6.